The topological polar surface area (TPSA) is 35.5 Å². The highest BCUT2D eigenvalue weighted by atomic mass is 32.2. The largest absolute Gasteiger partial charge is 0.390 e. The summed E-state index contributed by atoms with van der Waals surface area (Å²) in [6.07, 6.45) is 1.92. The highest BCUT2D eigenvalue weighted by Gasteiger charge is 2.30. The van der Waals surface area contributed by atoms with Crippen molar-refractivity contribution in [3.63, 3.8) is 0 Å². The van der Waals surface area contributed by atoms with Crippen LogP contribution in [0.4, 0.5) is 0 Å². The maximum atomic E-state index is 9.67. The summed E-state index contributed by atoms with van der Waals surface area (Å²) in [7, 11) is 2.10. The van der Waals surface area contributed by atoms with Crippen molar-refractivity contribution in [2.24, 2.45) is 0 Å². The molecule has 0 saturated carbocycles. The van der Waals surface area contributed by atoms with Gasteiger partial charge in [0, 0.05) is 30.9 Å². The lowest BCUT2D eigenvalue weighted by atomic mass is 10.1. The first-order valence-electron chi connectivity index (χ1n) is 4.76. The molecule has 3 nitrogen and oxygen atoms in total. The molecule has 1 aliphatic heterocycles. The molecule has 1 heterocycles. The minimum Gasteiger partial charge on any atom is -0.390 e. The summed E-state index contributed by atoms with van der Waals surface area (Å²) in [6, 6.07) is 0.830. The zero-order chi connectivity index (χ0) is 9.84. The zero-order valence-corrected chi connectivity index (χ0v) is 9.47. The smallest absolute Gasteiger partial charge is 0.0831 e. The van der Waals surface area contributed by atoms with Crippen molar-refractivity contribution in [1.29, 1.82) is 0 Å². The minimum absolute atomic E-state index is 0.200. The first-order chi connectivity index (χ1) is 6.16. The molecule has 0 spiro atoms. The molecular weight excluding hydrogens is 184 g/mol. The van der Waals surface area contributed by atoms with Gasteiger partial charge in [-0.05, 0) is 20.2 Å². The molecule has 1 rings (SSSR count). The molecule has 1 saturated heterocycles. The Morgan fingerprint density at radius 2 is 2.31 bits per heavy atom. The molecule has 0 aromatic rings. The molecule has 1 fully saturated rings. The third-order valence-electron chi connectivity index (χ3n) is 2.78. The fourth-order valence-electron chi connectivity index (χ4n) is 1.75. The lowest BCUT2D eigenvalue weighted by Crippen LogP contribution is -2.46. The summed E-state index contributed by atoms with van der Waals surface area (Å²) in [5.74, 6) is 1.12. The molecule has 0 aromatic heterocycles. The number of rotatable bonds is 4. The molecule has 78 valence electrons. The van der Waals surface area contributed by atoms with Crippen LogP contribution in [0.5, 0.6) is 0 Å². The van der Waals surface area contributed by atoms with Crippen molar-refractivity contribution in [3.8, 4) is 0 Å². The van der Waals surface area contributed by atoms with E-state index in [2.05, 4.69) is 30.4 Å². The molecule has 3 atom stereocenters. The van der Waals surface area contributed by atoms with Gasteiger partial charge in [0.15, 0.2) is 0 Å². The SMILES string of the molecule is CSCC(C)N(C)C1CNCC1O. The Morgan fingerprint density at radius 1 is 1.62 bits per heavy atom. The fraction of sp³-hybridized carbons (Fsp3) is 1.00. The van der Waals surface area contributed by atoms with Gasteiger partial charge in [0.25, 0.3) is 0 Å². The lowest BCUT2D eigenvalue weighted by Gasteiger charge is -2.31. The van der Waals surface area contributed by atoms with Gasteiger partial charge in [-0.2, -0.15) is 11.8 Å². The van der Waals surface area contributed by atoms with Crippen LogP contribution in [0.2, 0.25) is 0 Å². The average molecular weight is 204 g/mol. The van der Waals surface area contributed by atoms with Gasteiger partial charge in [0.2, 0.25) is 0 Å². The van der Waals surface area contributed by atoms with Gasteiger partial charge in [0.1, 0.15) is 0 Å². The van der Waals surface area contributed by atoms with E-state index in [1.54, 1.807) is 0 Å². The summed E-state index contributed by atoms with van der Waals surface area (Å²) in [4.78, 5) is 2.28. The molecule has 0 aliphatic carbocycles. The lowest BCUT2D eigenvalue weighted by molar-refractivity contribution is 0.0834. The number of aliphatic hydroxyl groups is 1. The van der Waals surface area contributed by atoms with Gasteiger partial charge in [-0.25, -0.2) is 0 Å². The predicted molar refractivity (Wildman–Crippen MR) is 58.3 cm³/mol. The van der Waals surface area contributed by atoms with Crippen LogP contribution in [-0.4, -0.2) is 60.3 Å². The molecule has 13 heavy (non-hydrogen) atoms. The molecule has 0 aromatic carbocycles. The van der Waals surface area contributed by atoms with Crippen LogP contribution in [0.25, 0.3) is 0 Å². The van der Waals surface area contributed by atoms with Crippen molar-refractivity contribution in [3.05, 3.63) is 0 Å². The van der Waals surface area contributed by atoms with Gasteiger partial charge < -0.3 is 10.4 Å². The first-order valence-corrected chi connectivity index (χ1v) is 6.16. The molecule has 1 aliphatic rings. The fourth-order valence-corrected chi connectivity index (χ4v) is 2.47. The summed E-state index contributed by atoms with van der Waals surface area (Å²) < 4.78 is 0. The molecular formula is C9H20N2OS. The van der Waals surface area contributed by atoms with Crippen LogP contribution in [0, 0.1) is 0 Å². The molecule has 0 bridgehead atoms. The second kappa shape index (κ2) is 5.20. The number of nitrogens with zero attached hydrogens (tertiary/aromatic N) is 1. The van der Waals surface area contributed by atoms with Gasteiger partial charge in [-0.1, -0.05) is 0 Å². The predicted octanol–water partition coefficient (Wildman–Crippen LogP) is 0.00240. The molecule has 0 amide bonds. The van der Waals surface area contributed by atoms with Crippen LogP contribution in [0.15, 0.2) is 0 Å². The normalized spacial score (nSPS) is 31.2. The van der Waals surface area contributed by atoms with Crippen LogP contribution in [0.3, 0.4) is 0 Å². The number of hydrogen-bond donors (Lipinski definition) is 2. The number of nitrogens with one attached hydrogen (secondary N) is 1. The van der Waals surface area contributed by atoms with Gasteiger partial charge in [-0.3, -0.25) is 4.90 Å². The number of hydrogen-bond acceptors (Lipinski definition) is 4. The van der Waals surface area contributed by atoms with Crippen molar-refractivity contribution in [2.45, 2.75) is 25.1 Å². The number of thioether (sulfide) groups is 1. The highest BCUT2D eigenvalue weighted by Crippen LogP contribution is 2.12. The Morgan fingerprint density at radius 3 is 2.77 bits per heavy atom. The van der Waals surface area contributed by atoms with Crippen molar-refractivity contribution in [1.82, 2.24) is 10.2 Å². The van der Waals surface area contributed by atoms with Crippen molar-refractivity contribution in [2.75, 3.05) is 32.1 Å². The van der Waals surface area contributed by atoms with E-state index in [1.807, 2.05) is 11.8 Å². The van der Waals surface area contributed by atoms with E-state index in [0.29, 0.717) is 12.1 Å². The quantitative estimate of drug-likeness (QED) is 0.676. The van der Waals surface area contributed by atoms with Crippen LogP contribution < -0.4 is 5.32 Å². The first kappa shape index (κ1) is 11.3. The average Bonchev–Trinajstić information content (AvgIpc) is 2.50. The summed E-state index contributed by atoms with van der Waals surface area (Å²) in [5.41, 5.74) is 0. The number of likely N-dealkylation sites (N-methyl/N-ethyl adjacent to an activating group) is 1. The van der Waals surface area contributed by atoms with E-state index >= 15 is 0 Å². The summed E-state index contributed by atoms with van der Waals surface area (Å²) in [5, 5.41) is 12.9. The molecule has 2 N–H and O–H groups in total. The zero-order valence-electron chi connectivity index (χ0n) is 8.66. The van der Waals surface area contributed by atoms with Crippen LogP contribution in [-0.2, 0) is 0 Å². The number of β-amino-alcohol motifs (C(OH)–C–C–N with tert-alkyl or cyclic N) is 1. The van der Waals surface area contributed by atoms with E-state index in [1.165, 1.54) is 0 Å². The van der Waals surface area contributed by atoms with E-state index in [4.69, 9.17) is 0 Å². The maximum absolute atomic E-state index is 9.67. The Kier molecular flexibility index (Phi) is 4.52. The van der Waals surface area contributed by atoms with Crippen LogP contribution in [0.1, 0.15) is 6.92 Å². The Labute approximate surface area is 84.9 Å². The van der Waals surface area contributed by atoms with Crippen molar-refractivity contribution < 1.29 is 5.11 Å². The summed E-state index contributed by atoms with van der Waals surface area (Å²) >= 11 is 1.85. The van der Waals surface area contributed by atoms with Crippen molar-refractivity contribution >= 4 is 11.8 Å². The van der Waals surface area contributed by atoms with E-state index in [9.17, 15) is 5.11 Å². The second-order valence-electron chi connectivity index (χ2n) is 3.76. The highest BCUT2D eigenvalue weighted by molar-refractivity contribution is 7.98. The Balaban J connectivity index is 2.40. The summed E-state index contributed by atoms with van der Waals surface area (Å²) in [6.45, 7) is 3.86. The minimum atomic E-state index is -0.200. The number of aliphatic hydroxyl groups excluding tert-OH is 1. The van der Waals surface area contributed by atoms with Gasteiger partial charge >= 0.3 is 0 Å². The second-order valence-corrected chi connectivity index (χ2v) is 4.67. The third kappa shape index (κ3) is 2.84. The van der Waals surface area contributed by atoms with E-state index in [-0.39, 0.29) is 6.10 Å². The Bertz CT molecular complexity index is 157. The molecule has 4 heteroatoms. The maximum Gasteiger partial charge on any atom is 0.0831 e. The van der Waals surface area contributed by atoms with Gasteiger partial charge in [-0.15, -0.1) is 0 Å². The molecule has 3 unspecified atom stereocenters. The third-order valence-corrected chi connectivity index (χ3v) is 3.59. The molecule has 0 radical (unpaired) electrons. The standard InChI is InChI=1S/C9H20N2OS/c1-7(6-13-3)11(2)8-4-10-5-9(8)12/h7-10,12H,4-6H2,1-3H3. The van der Waals surface area contributed by atoms with Gasteiger partial charge in [0.05, 0.1) is 6.10 Å². The van der Waals surface area contributed by atoms with E-state index in [0.717, 1.165) is 18.8 Å². The van der Waals surface area contributed by atoms with Crippen LogP contribution >= 0.6 is 11.8 Å². The van der Waals surface area contributed by atoms with E-state index < -0.39 is 0 Å². The Hall–Kier alpha value is 0.230. The monoisotopic (exact) mass is 204 g/mol.